The van der Waals surface area contributed by atoms with Crippen LogP contribution >= 0.6 is 0 Å². The smallest absolute Gasteiger partial charge is 0.326 e. The maximum absolute atomic E-state index is 11.5. The van der Waals surface area contributed by atoms with Crippen molar-refractivity contribution in [3.05, 3.63) is 63.0 Å². The van der Waals surface area contributed by atoms with E-state index < -0.39 is 5.69 Å². The first-order valence-electron chi connectivity index (χ1n) is 10.2. The van der Waals surface area contributed by atoms with E-state index in [1.54, 1.807) is 23.9 Å². The predicted molar refractivity (Wildman–Crippen MR) is 123 cm³/mol. The number of fused-ring (bicyclic) bond motifs is 1. The van der Waals surface area contributed by atoms with Crippen molar-refractivity contribution in [1.29, 1.82) is 0 Å². The molecule has 4 aromatic rings. The normalized spacial score (nSPS) is 15.5. The first-order chi connectivity index (χ1) is 15.5. The molecule has 1 fully saturated rings. The molecule has 1 aliphatic rings. The Hall–Kier alpha value is -4.15. The van der Waals surface area contributed by atoms with Gasteiger partial charge in [0.05, 0.1) is 25.4 Å². The molecule has 33 heavy (non-hydrogen) atoms. The number of aromatic amines is 2. The first kappa shape index (κ1) is 22.1. The van der Waals surface area contributed by atoms with Gasteiger partial charge in [0.15, 0.2) is 5.65 Å². The summed E-state index contributed by atoms with van der Waals surface area (Å²) in [4.78, 5) is 30.2. The Morgan fingerprint density at radius 2 is 2.15 bits per heavy atom. The summed E-state index contributed by atoms with van der Waals surface area (Å²) in [5.74, 6) is 0.912. The SMILES string of the molecule is C.COc1cccc([C@H](C)Nc2nc(=NC3CC3)n3ncc(=Cc4[nH]c(=O)[nH]c4O)c3n2)c1. The van der Waals surface area contributed by atoms with Crippen molar-refractivity contribution in [2.75, 3.05) is 12.4 Å². The summed E-state index contributed by atoms with van der Waals surface area (Å²) < 4.78 is 6.88. The van der Waals surface area contributed by atoms with Gasteiger partial charge in [-0.25, -0.2) is 9.79 Å². The lowest BCUT2D eigenvalue weighted by molar-refractivity contribution is 0.414. The van der Waals surface area contributed by atoms with Gasteiger partial charge in [-0.05, 0) is 43.5 Å². The molecule has 5 rings (SSSR count). The van der Waals surface area contributed by atoms with Gasteiger partial charge in [0.25, 0.3) is 5.62 Å². The molecule has 11 nitrogen and oxygen atoms in total. The third kappa shape index (κ3) is 4.56. The number of H-pyrrole nitrogens is 2. The molecule has 172 valence electrons. The fourth-order valence-corrected chi connectivity index (χ4v) is 3.33. The van der Waals surface area contributed by atoms with Gasteiger partial charge in [-0.1, -0.05) is 19.6 Å². The molecular formula is C22H26N8O3. The van der Waals surface area contributed by atoms with Gasteiger partial charge in [-0.15, -0.1) is 0 Å². The van der Waals surface area contributed by atoms with Gasteiger partial charge in [-0.2, -0.15) is 19.6 Å². The van der Waals surface area contributed by atoms with Crippen LogP contribution in [0.25, 0.3) is 11.7 Å². The molecule has 3 heterocycles. The molecule has 0 aliphatic heterocycles. The minimum absolute atomic E-state index is 0. The predicted octanol–water partition coefficient (Wildman–Crippen LogP) is 1.27. The Bertz CT molecular complexity index is 1470. The zero-order chi connectivity index (χ0) is 22.2. The summed E-state index contributed by atoms with van der Waals surface area (Å²) >= 11 is 0. The molecule has 1 aliphatic carbocycles. The number of benzene rings is 1. The maximum Gasteiger partial charge on any atom is 0.326 e. The molecule has 0 amide bonds. The summed E-state index contributed by atoms with van der Waals surface area (Å²) in [6.07, 6.45) is 5.23. The number of aromatic hydroxyl groups is 1. The number of imidazole rings is 1. The van der Waals surface area contributed by atoms with Gasteiger partial charge >= 0.3 is 5.69 Å². The quantitative estimate of drug-likeness (QED) is 0.346. The van der Waals surface area contributed by atoms with E-state index in [1.807, 2.05) is 31.2 Å². The maximum atomic E-state index is 11.5. The summed E-state index contributed by atoms with van der Waals surface area (Å²) in [6, 6.07) is 7.91. The van der Waals surface area contributed by atoms with Crippen LogP contribution in [0.1, 0.15) is 44.5 Å². The van der Waals surface area contributed by atoms with Crippen molar-refractivity contribution in [3.8, 4) is 11.6 Å². The number of aromatic nitrogens is 6. The summed E-state index contributed by atoms with van der Waals surface area (Å²) in [5.41, 5.74) is 1.70. The molecule has 0 radical (unpaired) electrons. The van der Waals surface area contributed by atoms with Gasteiger partial charge in [0.2, 0.25) is 11.8 Å². The average Bonchev–Trinajstić information content (AvgIpc) is 3.42. The van der Waals surface area contributed by atoms with Crippen LogP contribution in [0, 0.1) is 0 Å². The van der Waals surface area contributed by atoms with Gasteiger partial charge in [0.1, 0.15) is 11.4 Å². The van der Waals surface area contributed by atoms with Crippen LogP contribution in [0.3, 0.4) is 0 Å². The molecular weight excluding hydrogens is 424 g/mol. The van der Waals surface area contributed by atoms with E-state index in [4.69, 9.17) is 4.74 Å². The second-order valence-electron chi connectivity index (χ2n) is 7.67. The molecule has 1 aromatic carbocycles. The van der Waals surface area contributed by atoms with Crippen molar-refractivity contribution >= 4 is 17.7 Å². The van der Waals surface area contributed by atoms with Crippen LogP contribution in [0.5, 0.6) is 11.6 Å². The number of ether oxygens (including phenoxy) is 1. The topological polar surface area (TPSA) is 146 Å². The van der Waals surface area contributed by atoms with Crippen molar-refractivity contribution in [1.82, 2.24) is 29.5 Å². The van der Waals surface area contributed by atoms with Crippen LogP contribution in [-0.2, 0) is 0 Å². The van der Waals surface area contributed by atoms with E-state index in [0.717, 1.165) is 24.2 Å². The Morgan fingerprint density at radius 3 is 2.85 bits per heavy atom. The molecule has 11 heteroatoms. The minimum atomic E-state index is -0.501. The van der Waals surface area contributed by atoms with Crippen LogP contribution in [-0.4, -0.2) is 47.8 Å². The second-order valence-corrected chi connectivity index (χ2v) is 7.67. The molecule has 0 spiro atoms. The largest absolute Gasteiger partial charge is 0.497 e. The number of anilines is 1. The number of hydrogen-bond donors (Lipinski definition) is 4. The lowest BCUT2D eigenvalue weighted by Gasteiger charge is -2.15. The Morgan fingerprint density at radius 1 is 1.33 bits per heavy atom. The number of methoxy groups -OCH3 is 1. The number of hydrogen-bond acceptors (Lipinski definition) is 8. The van der Waals surface area contributed by atoms with Crippen LogP contribution in [0.15, 0.2) is 40.2 Å². The lowest BCUT2D eigenvalue weighted by atomic mass is 10.1. The van der Waals surface area contributed by atoms with Crippen LogP contribution in [0.4, 0.5) is 5.95 Å². The van der Waals surface area contributed by atoms with Gasteiger partial charge < -0.3 is 20.1 Å². The van der Waals surface area contributed by atoms with E-state index in [2.05, 4.69) is 35.3 Å². The standard InChI is InChI=1S/C21H22N8O3.CH4/c1-11(12-4-3-5-15(8-12)32-2)23-19-26-17-13(9-16-18(30)27-21(31)25-16)10-22-29(17)20(28-19)24-14-6-7-14;/h3-5,8-11,14,30H,6-7H2,1-2H3,(H,23,24,28)(H2,25,27,31);1H4/t11-;/m0./s1. The zero-order valence-electron chi connectivity index (χ0n) is 17.5. The van der Waals surface area contributed by atoms with E-state index in [9.17, 15) is 9.90 Å². The highest BCUT2D eigenvalue weighted by molar-refractivity contribution is 5.57. The lowest BCUT2D eigenvalue weighted by Crippen LogP contribution is -2.25. The summed E-state index contributed by atoms with van der Waals surface area (Å²) in [6.45, 7) is 2.01. The van der Waals surface area contributed by atoms with Crippen molar-refractivity contribution in [2.24, 2.45) is 4.99 Å². The molecule has 4 N–H and O–H groups in total. The highest BCUT2D eigenvalue weighted by Crippen LogP contribution is 2.23. The van der Waals surface area contributed by atoms with Gasteiger partial charge in [0, 0.05) is 5.22 Å². The Kier molecular flexibility index (Phi) is 5.86. The van der Waals surface area contributed by atoms with E-state index in [-0.39, 0.29) is 31.1 Å². The molecule has 0 bridgehead atoms. The third-order valence-corrected chi connectivity index (χ3v) is 5.20. The fraction of sp³-hybridized carbons (Fsp3) is 0.318. The zero-order valence-corrected chi connectivity index (χ0v) is 17.5. The van der Waals surface area contributed by atoms with E-state index in [1.165, 1.54) is 0 Å². The molecule has 1 saturated carbocycles. The van der Waals surface area contributed by atoms with Crippen molar-refractivity contribution < 1.29 is 9.84 Å². The molecule has 3 aromatic heterocycles. The molecule has 1 atom stereocenters. The minimum Gasteiger partial charge on any atom is -0.497 e. The highest BCUT2D eigenvalue weighted by atomic mass is 16.5. The Balaban J connectivity index is 0.00000259. The molecule has 0 unspecified atom stereocenters. The average molecular weight is 451 g/mol. The highest BCUT2D eigenvalue weighted by Gasteiger charge is 2.21. The second kappa shape index (κ2) is 8.77. The van der Waals surface area contributed by atoms with Crippen LogP contribution < -0.4 is 26.6 Å². The number of rotatable bonds is 6. The van der Waals surface area contributed by atoms with E-state index >= 15 is 0 Å². The molecule has 0 saturated heterocycles. The first-order valence-corrected chi connectivity index (χ1v) is 10.2. The van der Waals surface area contributed by atoms with Crippen LogP contribution in [0.2, 0.25) is 0 Å². The Labute approximate surface area is 188 Å². The summed E-state index contributed by atoms with van der Waals surface area (Å²) in [5, 5.41) is 18.2. The number of nitrogens with zero attached hydrogens (tertiary/aromatic N) is 5. The number of nitrogens with one attached hydrogen (secondary N) is 3. The fourth-order valence-electron chi connectivity index (χ4n) is 3.33. The van der Waals surface area contributed by atoms with Crippen molar-refractivity contribution in [3.63, 3.8) is 0 Å². The third-order valence-electron chi connectivity index (χ3n) is 5.20. The van der Waals surface area contributed by atoms with Crippen molar-refractivity contribution in [2.45, 2.75) is 39.3 Å². The van der Waals surface area contributed by atoms with E-state index in [0.29, 0.717) is 22.4 Å². The monoisotopic (exact) mass is 450 g/mol. The summed E-state index contributed by atoms with van der Waals surface area (Å²) in [7, 11) is 1.63. The van der Waals surface area contributed by atoms with Gasteiger partial charge in [-0.3, -0.25) is 4.98 Å².